The summed E-state index contributed by atoms with van der Waals surface area (Å²) >= 11 is 0. The number of sulfonamides is 1. The third-order valence-corrected chi connectivity index (χ3v) is 5.26. The molecule has 0 bridgehead atoms. The van der Waals surface area contributed by atoms with E-state index in [4.69, 9.17) is 14.2 Å². The molecule has 0 aromatic heterocycles. The van der Waals surface area contributed by atoms with Crippen molar-refractivity contribution in [2.75, 3.05) is 31.8 Å². The zero-order chi connectivity index (χ0) is 19.3. The van der Waals surface area contributed by atoms with Crippen LogP contribution >= 0.6 is 0 Å². The quantitative estimate of drug-likeness (QED) is 0.666. The molecule has 8 nitrogen and oxygen atoms in total. The molecular weight excluding hydrogens is 372 g/mol. The van der Waals surface area contributed by atoms with Crippen LogP contribution in [0.5, 0.6) is 11.5 Å². The zero-order valence-electron chi connectivity index (χ0n) is 14.7. The number of amides is 1. The number of ether oxygens (including phenoxy) is 3. The van der Waals surface area contributed by atoms with E-state index in [0.29, 0.717) is 42.3 Å². The lowest BCUT2D eigenvalue weighted by Crippen LogP contribution is -2.25. The van der Waals surface area contributed by atoms with E-state index in [-0.39, 0.29) is 17.6 Å². The first-order chi connectivity index (χ1) is 13.0. The van der Waals surface area contributed by atoms with Gasteiger partial charge in [-0.1, -0.05) is 0 Å². The molecule has 1 aliphatic heterocycles. The van der Waals surface area contributed by atoms with Crippen LogP contribution in [0, 0.1) is 0 Å². The first-order valence-corrected chi connectivity index (χ1v) is 9.77. The van der Waals surface area contributed by atoms with Gasteiger partial charge in [0.1, 0.15) is 0 Å². The van der Waals surface area contributed by atoms with Crippen molar-refractivity contribution in [1.29, 1.82) is 0 Å². The van der Waals surface area contributed by atoms with E-state index in [1.165, 1.54) is 24.3 Å². The highest BCUT2D eigenvalue weighted by Gasteiger charge is 2.18. The summed E-state index contributed by atoms with van der Waals surface area (Å²) in [6.07, 6.45) is 0.703. The minimum Gasteiger partial charge on any atom is -0.454 e. The molecule has 0 spiro atoms. The Morgan fingerprint density at radius 2 is 1.85 bits per heavy atom. The normalized spacial score (nSPS) is 12.6. The largest absolute Gasteiger partial charge is 0.454 e. The molecular formula is C18H20N2O6S. The highest BCUT2D eigenvalue weighted by molar-refractivity contribution is 7.92. The van der Waals surface area contributed by atoms with Crippen LogP contribution in [0.2, 0.25) is 0 Å². The molecule has 0 atom stereocenters. The minimum absolute atomic E-state index is 0.0519. The Balaban J connectivity index is 1.65. The van der Waals surface area contributed by atoms with Gasteiger partial charge < -0.3 is 19.5 Å². The number of rotatable bonds is 8. The molecule has 9 heteroatoms. The van der Waals surface area contributed by atoms with E-state index in [9.17, 15) is 13.2 Å². The summed E-state index contributed by atoms with van der Waals surface area (Å²) in [5.41, 5.74) is 0.744. The lowest BCUT2D eigenvalue weighted by molar-refractivity contribution is 0.0948. The zero-order valence-corrected chi connectivity index (χ0v) is 15.5. The fraction of sp³-hybridized carbons (Fsp3) is 0.278. The van der Waals surface area contributed by atoms with E-state index in [2.05, 4.69) is 10.0 Å². The van der Waals surface area contributed by atoms with Gasteiger partial charge in [-0.25, -0.2) is 8.42 Å². The summed E-state index contributed by atoms with van der Waals surface area (Å²) in [5, 5.41) is 2.75. The maximum Gasteiger partial charge on any atom is 0.261 e. The molecule has 0 fully saturated rings. The maximum atomic E-state index is 12.5. The topological polar surface area (TPSA) is 103 Å². The standard InChI is InChI=1S/C18H20N2O6S/c1-24-10-2-9-19-18(21)13-3-6-15(7-4-13)27(22,23)20-14-5-8-16-17(11-14)26-12-25-16/h3-8,11,20H,2,9-10,12H2,1H3,(H,19,21). The van der Waals surface area contributed by atoms with Gasteiger partial charge in [-0.15, -0.1) is 0 Å². The van der Waals surface area contributed by atoms with Crippen LogP contribution in [-0.2, 0) is 14.8 Å². The third kappa shape index (κ3) is 4.69. The molecule has 3 rings (SSSR count). The lowest BCUT2D eigenvalue weighted by Gasteiger charge is -2.10. The van der Waals surface area contributed by atoms with Gasteiger partial charge in [-0.05, 0) is 42.8 Å². The number of carbonyl (C=O) groups excluding carboxylic acids is 1. The molecule has 0 saturated heterocycles. The molecule has 27 heavy (non-hydrogen) atoms. The lowest BCUT2D eigenvalue weighted by atomic mass is 10.2. The van der Waals surface area contributed by atoms with Gasteiger partial charge in [0.2, 0.25) is 6.79 Å². The van der Waals surface area contributed by atoms with Crippen molar-refractivity contribution < 1.29 is 27.4 Å². The van der Waals surface area contributed by atoms with E-state index < -0.39 is 10.0 Å². The molecule has 0 saturated carbocycles. The van der Waals surface area contributed by atoms with Gasteiger partial charge >= 0.3 is 0 Å². The van der Waals surface area contributed by atoms with Crippen LogP contribution in [0.1, 0.15) is 16.8 Å². The number of hydrogen-bond donors (Lipinski definition) is 2. The van der Waals surface area contributed by atoms with E-state index in [1.807, 2.05) is 0 Å². The first kappa shape index (κ1) is 19.0. The molecule has 0 unspecified atom stereocenters. The van der Waals surface area contributed by atoms with Crippen molar-refractivity contribution in [1.82, 2.24) is 5.32 Å². The highest BCUT2D eigenvalue weighted by atomic mass is 32.2. The Morgan fingerprint density at radius 3 is 2.59 bits per heavy atom. The number of methoxy groups -OCH3 is 1. The van der Waals surface area contributed by atoms with Gasteiger partial charge in [-0.2, -0.15) is 0 Å². The summed E-state index contributed by atoms with van der Waals surface area (Å²) < 4.78 is 42.9. The Bertz CT molecular complexity index is 912. The Kier molecular flexibility index (Phi) is 5.82. The van der Waals surface area contributed by atoms with Crippen LogP contribution in [0.15, 0.2) is 47.4 Å². The van der Waals surface area contributed by atoms with Crippen LogP contribution in [0.4, 0.5) is 5.69 Å². The molecule has 0 radical (unpaired) electrons. The van der Waals surface area contributed by atoms with Crippen molar-refractivity contribution in [3.05, 3.63) is 48.0 Å². The fourth-order valence-corrected chi connectivity index (χ4v) is 3.53. The molecule has 1 aliphatic rings. The van der Waals surface area contributed by atoms with Crippen LogP contribution < -0.4 is 19.5 Å². The van der Waals surface area contributed by atoms with Gasteiger partial charge in [0.25, 0.3) is 15.9 Å². The maximum absolute atomic E-state index is 12.5. The second-order valence-corrected chi connectivity index (χ2v) is 7.48. The highest BCUT2D eigenvalue weighted by Crippen LogP contribution is 2.34. The number of nitrogens with one attached hydrogen (secondary N) is 2. The summed E-state index contributed by atoms with van der Waals surface area (Å²) in [6, 6.07) is 10.5. The number of carbonyl (C=O) groups is 1. The number of benzene rings is 2. The SMILES string of the molecule is COCCCNC(=O)c1ccc(S(=O)(=O)Nc2ccc3c(c2)OCO3)cc1. The molecule has 144 valence electrons. The monoisotopic (exact) mass is 392 g/mol. The second kappa shape index (κ2) is 8.28. The minimum atomic E-state index is -3.79. The third-order valence-electron chi connectivity index (χ3n) is 3.86. The molecule has 2 N–H and O–H groups in total. The van der Waals surface area contributed by atoms with Gasteiger partial charge in [0.15, 0.2) is 11.5 Å². The number of anilines is 1. The van der Waals surface area contributed by atoms with Crippen molar-refractivity contribution >= 4 is 21.6 Å². The van der Waals surface area contributed by atoms with Crippen LogP contribution in [-0.4, -0.2) is 41.4 Å². The number of hydrogen-bond acceptors (Lipinski definition) is 6. The number of fused-ring (bicyclic) bond motifs is 1. The Hall–Kier alpha value is -2.78. The summed E-state index contributed by atoms with van der Waals surface area (Å²) in [4.78, 5) is 12.1. The van der Waals surface area contributed by atoms with Crippen molar-refractivity contribution in [2.24, 2.45) is 0 Å². The van der Waals surface area contributed by atoms with Crippen LogP contribution in [0.25, 0.3) is 0 Å². The van der Waals surface area contributed by atoms with E-state index in [1.54, 1.807) is 25.3 Å². The van der Waals surface area contributed by atoms with E-state index >= 15 is 0 Å². The van der Waals surface area contributed by atoms with Gasteiger partial charge in [0, 0.05) is 31.9 Å². The molecule has 1 heterocycles. The Labute approximate surface area is 157 Å². The predicted octanol–water partition coefficient (Wildman–Crippen LogP) is 1.98. The molecule has 0 aliphatic carbocycles. The van der Waals surface area contributed by atoms with Crippen molar-refractivity contribution in [2.45, 2.75) is 11.3 Å². The molecule has 2 aromatic rings. The average Bonchev–Trinajstić information content (AvgIpc) is 3.12. The van der Waals surface area contributed by atoms with Crippen molar-refractivity contribution in [3.8, 4) is 11.5 Å². The fourth-order valence-electron chi connectivity index (χ4n) is 2.48. The smallest absolute Gasteiger partial charge is 0.261 e. The van der Waals surface area contributed by atoms with Gasteiger partial charge in [0.05, 0.1) is 10.6 Å². The Morgan fingerprint density at radius 1 is 1.11 bits per heavy atom. The van der Waals surface area contributed by atoms with E-state index in [0.717, 1.165) is 0 Å². The molecule has 1 amide bonds. The second-order valence-electron chi connectivity index (χ2n) is 5.80. The summed E-state index contributed by atoms with van der Waals surface area (Å²) in [5.74, 6) is 0.785. The predicted molar refractivity (Wildman–Crippen MR) is 98.6 cm³/mol. The first-order valence-electron chi connectivity index (χ1n) is 8.29. The average molecular weight is 392 g/mol. The van der Waals surface area contributed by atoms with Gasteiger partial charge in [-0.3, -0.25) is 9.52 Å². The van der Waals surface area contributed by atoms with Crippen LogP contribution in [0.3, 0.4) is 0 Å². The summed E-state index contributed by atoms with van der Waals surface area (Å²) in [7, 11) is -2.20. The molecule has 2 aromatic carbocycles. The van der Waals surface area contributed by atoms with Crippen molar-refractivity contribution in [3.63, 3.8) is 0 Å². The summed E-state index contributed by atoms with van der Waals surface area (Å²) in [6.45, 7) is 1.15.